The molecule has 142 valence electrons. The van der Waals surface area contributed by atoms with Gasteiger partial charge in [-0.25, -0.2) is 13.8 Å². The molecule has 1 atom stereocenters. The Morgan fingerprint density at radius 3 is 2.64 bits per heavy atom. The van der Waals surface area contributed by atoms with E-state index in [-0.39, 0.29) is 49.2 Å². The molecule has 25 heavy (non-hydrogen) atoms. The third-order valence-electron chi connectivity index (χ3n) is 3.95. The van der Waals surface area contributed by atoms with Crippen LogP contribution in [0.2, 0.25) is 5.28 Å². The highest BCUT2D eigenvalue weighted by atomic mass is 35.5. The number of alkyl halides is 2. The van der Waals surface area contributed by atoms with E-state index < -0.39 is 22.1 Å². The molecular formula is C14H20ClF2N3O4S. The molecule has 1 saturated carbocycles. The molecule has 1 N–H and O–H groups in total. The van der Waals surface area contributed by atoms with Crippen LogP contribution in [0, 0.1) is 5.92 Å². The first kappa shape index (κ1) is 20.1. The van der Waals surface area contributed by atoms with Crippen LogP contribution in [0.4, 0.5) is 14.6 Å². The number of hydrogen-bond donors (Lipinski definition) is 1. The van der Waals surface area contributed by atoms with E-state index in [0.29, 0.717) is 5.82 Å². The molecule has 0 spiro atoms. The molecular weight excluding hydrogens is 380 g/mol. The molecule has 0 aromatic carbocycles. The first-order valence-corrected chi connectivity index (χ1v) is 9.88. The standard InChI is InChI=1S/C14H20ClF2N3O4S/c1-18-12-10(7-19-13(15)20-12)23-8-11(24-25(2,21)22)9-3-5-14(16,17)6-4-9/h7,9,11H,3-6,8H2,1-2H3,(H,18,19,20). The van der Waals surface area contributed by atoms with Crippen molar-refractivity contribution in [1.29, 1.82) is 0 Å². The predicted octanol–water partition coefficient (Wildman–Crippen LogP) is 2.72. The summed E-state index contributed by atoms with van der Waals surface area (Å²) in [5.41, 5.74) is 0. The number of ether oxygens (including phenoxy) is 1. The number of aromatic nitrogens is 2. The van der Waals surface area contributed by atoms with Gasteiger partial charge in [-0.1, -0.05) is 0 Å². The minimum atomic E-state index is -3.76. The van der Waals surface area contributed by atoms with Crippen molar-refractivity contribution in [1.82, 2.24) is 9.97 Å². The molecule has 1 heterocycles. The van der Waals surface area contributed by atoms with Crippen LogP contribution in [-0.2, 0) is 14.3 Å². The SMILES string of the molecule is CNc1nc(Cl)ncc1OCC(OS(C)(=O)=O)C1CCC(F)(F)CC1. The number of halogens is 3. The molecule has 1 aliphatic carbocycles. The van der Waals surface area contributed by atoms with Gasteiger partial charge in [-0.05, 0) is 30.4 Å². The van der Waals surface area contributed by atoms with Crippen molar-refractivity contribution in [3.63, 3.8) is 0 Å². The first-order chi connectivity index (χ1) is 11.6. The summed E-state index contributed by atoms with van der Waals surface area (Å²) in [6.07, 6.45) is 1.11. The second kappa shape index (κ2) is 7.96. The highest BCUT2D eigenvalue weighted by Gasteiger charge is 2.39. The van der Waals surface area contributed by atoms with E-state index in [9.17, 15) is 17.2 Å². The molecule has 0 bridgehead atoms. The fourth-order valence-electron chi connectivity index (χ4n) is 2.71. The van der Waals surface area contributed by atoms with E-state index in [1.807, 2.05) is 0 Å². The van der Waals surface area contributed by atoms with Crippen LogP contribution in [0.3, 0.4) is 0 Å². The van der Waals surface area contributed by atoms with E-state index in [2.05, 4.69) is 15.3 Å². The summed E-state index contributed by atoms with van der Waals surface area (Å²) in [5, 5.41) is 2.80. The van der Waals surface area contributed by atoms with E-state index in [4.69, 9.17) is 20.5 Å². The summed E-state index contributed by atoms with van der Waals surface area (Å²) in [6.45, 7) is -0.136. The van der Waals surface area contributed by atoms with E-state index >= 15 is 0 Å². The Bertz CT molecular complexity index is 695. The van der Waals surface area contributed by atoms with Gasteiger partial charge in [0.25, 0.3) is 10.1 Å². The molecule has 1 aliphatic rings. The number of rotatable bonds is 7. The highest BCUT2D eigenvalue weighted by Crippen LogP contribution is 2.38. The molecule has 11 heteroatoms. The van der Waals surface area contributed by atoms with Gasteiger partial charge >= 0.3 is 0 Å². The summed E-state index contributed by atoms with van der Waals surface area (Å²) in [4.78, 5) is 7.74. The Morgan fingerprint density at radius 2 is 2.08 bits per heavy atom. The van der Waals surface area contributed by atoms with Gasteiger partial charge in [0.05, 0.1) is 12.5 Å². The summed E-state index contributed by atoms with van der Waals surface area (Å²) in [7, 11) is -2.15. The van der Waals surface area contributed by atoms with Gasteiger partial charge in [0.2, 0.25) is 11.2 Å². The lowest BCUT2D eigenvalue weighted by Gasteiger charge is -2.32. The van der Waals surface area contributed by atoms with Crippen LogP contribution in [0.15, 0.2) is 6.20 Å². The van der Waals surface area contributed by atoms with Gasteiger partial charge in [-0.2, -0.15) is 13.4 Å². The topological polar surface area (TPSA) is 90.4 Å². The molecule has 0 saturated heterocycles. The second-order valence-corrected chi connectivity index (χ2v) is 7.88. The summed E-state index contributed by atoms with van der Waals surface area (Å²) in [6, 6.07) is 0. The van der Waals surface area contributed by atoms with Gasteiger partial charge in [0.15, 0.2) is 11.6 Å². The zero-order chi connectivity index (χ0) is 18.7. The molecule has 0 aliphatic heterocycles. The molecule has 7 nitrogen and oxygen atoms in total. The molecule has 1 aromatic heterocycles. The van der Waals surface area contributed by atoms with Crippen molar-refractivity contribution >= 4 is 27.5 Å². The molecule has 1 aromatic rings. The average molecular weight is 400 g/mol. The quantitative estimate of drug-likeness (QED) is 0.556. The lowest BCUT2D eigenvalue weighted by atomic mass is 9.83. The van der Waals surface area contributed by atoms with E-state index in [1.54, 1.807) is 7.05 Å². The molecule has 2 rings (SSSR count). The number of hydrogen-bond acceptors (Lipinski definition) is 7. The van der Waals surface area contributed by atoms with E-state index in [1.165, 1.54) is 6.20 Å². The van der Waals surface area contributed by atoms with Crippen LogP contribution < -0.4 is 10.1 Å². The maximum absolute atomic E-state index is 13.3. The van der Waals surface area contributed by atoms with E-state index in [0.717, 1.165) is 6.26 Å². The Morgan fingerprint density at radius 1 is 1.44 bits per heavy atom. The Balaban J connectivity index is 2.09. The average Bonchev–Trinajstić information content (AvgIpc) is 2.51. The normalized spacial score (nSPS) is 19.4. The third kappa shape index (κ3) is 6.19. The smallest absolute Gasteiger partial charge is 0.264 e. The minimum Gasteiger partial charge on any atom is -0.485 e. The lowest BCUT2D eigenvalue weighted by molar-refractivity contribution is -0.0624. The van der Waals surface area contributed by atoms with Crippen molar-refractivity contribution in [2.24, 2.45) is 5.92 Å². The number of nitrogens with zero attached hydrogens (tertiary/aromatic N) is 2. The first-order valence-electron chi connectivity index (χ1n) is 7.69. The Labute approximate surface area is 150 Å². The van der Waals surface area contributed by atoms with Crippen LogP contribution in [0.5, 0.6) is 5.75 Å². The second-order valence-electron chi connectivity index (χ2n) is 5.95. The zero-order valence-corrected chi connectivity index (χ0v) is 15.4. The van der Waals surface area contributed by atoms with Crippen molar-refractivity contribution in [3.05, 3.63) is 11.5 Å². The molecule has 1 unspecified atom stereocenters. The third-order valence-corrected chi connectivity index (χ3v) is 4.73. The van der Waals surface area contributed by atoms with Crippen LogP contribution in [0.25, 0.3) is 0 Å². The van der Waals surface area contributed by atoms with Crippen molar-refractivity contribution in [3.8, 4) is 5.75 Å². The highest BCUT2D eigenvalue weighted by molar-refractivity contribution is 7.86. The van der Waals surface area contributed by atoms with Crippen LogP contribution >= 0.6 is 11.6 Å². The van der Waals surface area contributed by atoms with Gasteiger partial charge < -0.3 is 10.1 Å². The monoisotopic (exact) mass is 399 g/mol. The van der Waals surface area contributed by atoms with Gasteiger partial charge in [0, 0.05) is 19.9 Å². The maximum atomic E-state index is 13.3. The predicted molar refractivity (Wildman–Crippen MR) is 88.7 cm³/mol. The lowest BCUT2D eigenvalue weighted by Crippen LogP contribution is -2.37. The molecule has 1 fully saturated rings. The van der Waals surface area contributed by atoms with Crippen LogP contribution in [0.1, 0.15) is 25.7 Å². The van der Waals surface area contributed by atoms with Crippen molar-refractivity contribution in [2.75, 3.05) is 25.2 Å². The largest absolute Gasteiger partial charge is 0.485 e. The fraction of sp³-hybridized carbons (Fsp3) is 0.714. The van der Waals surface area contributed by atoms with Gasteiger partial charge in [-0.15, -0.1) is 0 Å². The van der Waals surface area contributed by atoms with Crippen molar-refractivity contribution in [2.45, 2.75) is 37.7 Å². The minimum absolute atomic E-state index is 0.0233. The number of nitrogens with one attached hydrogen (secondary N) is 1. The number of anilines is 1. The fourth-order valence-corrected chi connectivity index (χ4v) is 3.50. The Kier molecular flexibility index (Phi) is 6.39. The summed E-state index contributed by atoms with van der Waals surface area (Å²) < 4.78 is 60.4. The van der Waals surface area contributed by atoms with Gasteiger partial charge in [-0.3, -0.25) is 4.18 Å². The van der Waals surface area contributed by atoms with Gasteiger partial charge in [0.1, 0.15) is 12.7 Å². The zero-order valence-electron chi connectivity index (χ0n) is 13.8. The maximum Gasteiger partial charge on any atom is 0.264 e. The molecule has 0 amide bonds. The summed E-state index contributed by atoms with van der Waals surface area (Å²) >= 11 is 5.70. The summed E-state index contributed by atoms with van der Waals surface area (Å²) in [5.74, 6) is -2.47. The van der Waals surface area contributed by atoms with Crippen LogP contribution in [-0.4, -0.2) is 50.3 Å². The molecule has 0 radical (unpaired) electrons. The van der Waals surface area contributed by atoms with Crippen molar-refractivity contribution < 1.29 is 26.1 Å². The Hall–Kier alpha value is -1.26.